The van der Waals surface area contributed by atoms with Gasteiger partial charge >= 0.3 is 0 Å². The monoisotopic (exact) mass is 262 g/mol. The molecule has 3 nitrogen and oxygen atoms in total. The number of amides is 1. The normalized spacial score (nSPS) is 13.1. The molecule has 0 saturated carbocycles. The first-order valence-corrected chi connectivity index (χ1v) is 7.42. The number of carbonyl (C=O) groups is 1. The molecule has 0 fully saturated rings. The maximum atomic E-state index is 11.8. The second kappa shape index (κ2) is 6.01. The topological polar surface area (TPSA) is 52.9 Å². The van der Waals surface area contributed by atoms with Crippen LogP contribution < -0.4 is 5.32 Å². The molecule has 1 amide bonds. The number of thiophene rings is 1. The van der Waals surface area contributed by atoms with Gasteiger partial charge in [-0.15, -0.1) is 11.3 Å². The minimum atomic E-state index is 0.0415. The number of rotatable bonds is 5. The van der Waals surface area contributed by atoms with Crippen LogP contribution in [0.5, 0.6) is 0 Å². The van der Waals surface area contributed by atoms with E-state index >= 15 is 0 Å². The zero-order valence-corrected chi connectivity index (χ0v) is 11.5. The van der Waals surface area contributed by atoms with E-state index in [9.17, 15) is 10.1 Å². The largest absolute Gasteiger partial charge is 0.317 e. The van der Waals surface area contributed by atoms with Gasteiger partial charge in [-0.25, -0.2) is 0 Å². The summed E-state index contributed by atoms with van der Waals surface area (Å²) in [5, 5.41) is 12.9. The number of anilines is 1. The zero-order chi connectivity index (χ0) is 13.0. The van der Waals surface area contributed by atoms with Crippen molar-refractivity contribution in [3.63, 3.8) is 0 Å². The smallest absolute Gasteiger partial charge is 0.225 e. The molecule has 0 radical (unpaired) electrons. The van der Waals surface area contributed by atoms with Crippen LogP contribution in [0.3, 0.4) is 0 Å². The predicted octanol–water partition coefficient (Wildman–Crippen LogP) is 3.63. The molecule has 1 aromatic rings. The number of unbranched alkanes of at least 4 members (excludes halogenated alkanes) is 2. The molecule has 1 aliphatic carbocycles. The number of nitriles is 1. The molecule has 0 atom stereocenters. The maximum absolute atomic E-state index is 11.8. The number of carbonyl (C=O) groups excluding carboxylic acids is 1. The van der Waals surface area contributed by atoms with Gasteiger partial charge < -0.3 is 5.32 Å². The molecule has 1 aromatic heterocycles. The van der Waals surface area contributed by atoms with Crippen LogP contribution in [-0.2, 0) is 17.6 Å². The minimum Gasteiger partial charge on any atom is -0.317 e. The Hall–Kier alpha value is -1.34. The van der Waals surface area contributed by atoms with Crippen LogP contribution in [-0.4, -0.2) is 5.91 Å². The summed E-state index contributed by atoms with van der Waals surface area (Å²) in [5.41, 5.74) is 1.88. The molecule has 0 unspecified atom stereocenters. The van der Waals surface area contributed by atoms with Crippen molar-refractivity contribution in [3.05, 3.63) is 16.0 Å². The summed E-state index contributed by atoms with van der Waals surface area (Å²) in [7, 11) is 0. The molecule has 1 aliphatic rings. The Morgan fingerprint density at radius 2 is 2.28 bits per heavy atom. The van der Waals surface area contributed by atoms with Crippen molar-refractivity contribution in [1.29, 1.82) is 5.26 Å². The van der Waals surface area contributed by atoms with E-state index in [1.807, 2.05) is 0 Å². The summed E-state index contributed by atoms with van der Waals surface area (Å²) in [5.74, 6) is 0.0415. The second-order valence-electron chi connectivity index (χ2n) is 4.68. The molecule has 4 heteroatoms. The lowest BCUT2D eigenvalue weighted by atomic mass is 10.1. The Kier molecular flexibility index (Phi) is 4.38. The summed E-state index contributed by atoms with van der Waals surface area (Å²) in [6.45, 7) is 2.12. The third kappa shape index (κ3) is 2.73. The molecule has 0 saturated heterocycles. The Balaban J connectivity index is 2.02. The highest BCUT2D eigenvalue weighted by Crippen LogP contribution is 2.38. The Bertz CT molecular complexity index is 485. The molecular formula is C14H18N2OS. The molecule has 0 spiro atoms. The lowest BCUT2D eigenvalue weighted by Crippen LogP contribution is -2.11. The van der Waals surface area contributed by atoms with Gasteiger partial charge in [0, 0.05) is 11.3 Å². The molecule has 0 aromatic carbocycles. The van der Waals surface area contributed by atoms with E-state index in [2.05, 4.69) is 18.3 Å². The van der Waals surface area contributed by atoms with Crippen LogP contribution in [0.2, 0.25) is 0 Å². The lowest BCUT2D eigenvalue weighted by Gasteiger charge is -2.03. The van der Waals surface area contributed by atoms with Crippen molar-refractivity contribution in [2.75, 3.05) is 5.32 Å². The first-order chi connectivity index (χ1) is 8.76. The van der Waals surface area contributed by atoms with Crippen LogP contribution in [0.1, 0.15) is 55.0 Å². The zero-order valence-electron chi connectivity index (χ0n) is 10.7. The number of hydrogen-bond donors (Lipinski definition) is 1. The number of aryl methyl sites for hydroxylation is 1. The van der Waals surface area contributed by atoms with E-state index in [0.29, 0.717) is 12.0 Å². The van der Waals surface area contributed by atoms with Gasteiger partial charge in [-0.3, -0.25) is 4.79 Å². The van der Waals surface area contributed by atoms with E-state index in [1.165, 1.54) is 10.4 Å². The average molecular weight is 262 g/mol. The number of nitrogens with zero attached hydrogens (tertiary/aromatic N) is 1. The van der Waals surface area contributed by atoms with Gasteiger partial charge in [0.25, 0.3) is 0 Å². The summed E-state index contributed by atoms with van der Waals surface area (Å²) >= 11 is 1.59. The third-order valence-electron chi connectivity index (χ3n) is 3.29. The molecule has 18 heavy (non-hydrogen) atoms. The summed E-state index contributed by atoms with van der Waals surface area (Å²) in [6, 6.07) is 2.24. The van der Waals surface area contributed by atoms with E-state index in [-0.39, 0.29) is 5.91 Å². The first-order valence-electron chi connectivity index (χ1n) is 6.60. The van der Waals surface area contributed by atoms with Crippen molar-refractivity contribution in [3.8, 4) is 6.07 Å². The van der Waals surface area contributed by atoms with Crippen molar-refractivity contribution in [2.24, 2.45) is 0 Å². The van der Waals surface area contributed by atoms with Gasteiger partial charge in [0.2, 0.25) is 5.91 Å². The summed E-state index contributed by atoms with van der Waals surface area (Å²) in [6.07, 6.45) is 6.86. The number of fused-ring (bicyclic) bond motifs is 1. The molecule has 1 N–H and O–H groups in total. The molecule has 1 heterocycles. The quantitative estimate of drug-likeness (QED) is 0.824. The van der Waals surface area contributed by atoms with E-state index in [1.54, 1.807) is 11.3 Å². The highest BCUT2D eigenvalue weighted by molar-refractivity contribution is 7.16. The van der Waals surface area contributed by atoms with Crippen LogP contribution in [0.4, 0.5) is 5.00 Å². The SMILES string of the molecule is CCCCCC(=O)Nc1sc2c(c1C#N)CCC2. The fourth-order valence-electron chi connectivity index (χ4n) is 2.34. The van der Waals surface area contributed by atoms with Gasteiger partial charge in [0.1, 0.15) is 11.1 Å². The first kappa shape index (κ1) is 13.1. The van der Waals surface area contributed by atoms with Gasteiger partial charge in [0.15, 0.2) is 0 Å². The fraction of sp³-hybridized carbons (Fsp3) is 0.571. The minimum absolute atomic E-state index is 0.0415. The highest BCUT2D eigenvalue weighted by atomic mass is 32.1. The lowest BCUT2D eigenvalue weighted by molar-refractivity contribution is -0.116. The Morgan fingerprint density at radius 1 is 1.44 bits per heavy atom. The van der Waals surface area contributed by atoms with Crippen LogP contribution >= 0.6 is 11.3 Å². The van der Waals surface area contributed by atoms with Crippen molar-refractivity contribution in [1.82, 2.24) is 0 Å². The van der Waals surface area contributed by atoms with Crippen molar-refractivity contribution >= 4 is 22.2 Å². The highest BCUT2D eigenvalue weighted by Gasteiger charge is 2.22. The number of hydrogen-bond acceptors (Lipinski definition) is 3. The second-order valence-corrected chi connectivity index (χ2v) is 5.78. The van der Waals surface area contributed by atoms with Gasteiger partial charge in [-0.2, -0.15) is 5.26 Å². The van der Waals surface area contributed by atoms with Crippen LogP contribution in [0.15, 0.2) is 0 Å². The third-order valence-corrected chi connectivity index (χ3v) is 4.50. The molecular weight excluding hydrogens is 244 g/mol. The number of nitrogens with one attached hydrogen (secondary N) is 1. The van der Waals surface area contributed by atoms with E-state index in [4.69, 9.17) is 0 Å². The Morgan fingerprint density at radius 3 is 3.00 bits per heavy atom. The molecule has 96 valence electrons. The average Bonchev–Trinajstić information content (AvgIpc) is 2.89. The van der Waals surface area contributed by atoms with Crippen LogP contribution in [0, 0.1) is 11.3 Å². The molecule has 0 aliphatic heterocycles. The summed E-state index contributed by atoms with van der Waals surface area (Å²) < 4.78 is 0. The summed E-state index contributed by atoms with van der Waals surface area (Å²) in [4.78, 5) is 13.1. The predicted molar refractivity (Wildman–Crippen MR) is 73.8 cm³/mol. The van der Waals surface area contributed by atoms with Gasteiger partial charge in [-0.05, 0) is 31.2 Å². The Labute approximate surface area is 112 Å². The van der Waals surface area contributed by atoms with Gasteiger partial charge in [-0.1, -0.05) is 19.8 Å². The van der Waals surface area contributed by atoms with E-state index < -0.39 is 0 Å². The van der Waals surface area contributed by atoms with Crippen molar-refractivity contribution in [2.45, 2.75) is 51.9 Å². The van der Waals surface area contributed by atoms with Gasteiger partial charge in [0.05, 0.1) is 5.56 Å². The molecule has 0 bridgehead atoms. The van der Waals surface area contributed by atoms with E-state index in [0.717, 1.165) is 43.5 Å². The maximum Gasteiger partial charge on any atom is 0.225 e. The van der Waals surface area contributed by atoms with Crippen molar-refractivity contribution < 1.29 is 4.79 Å². The van der Waals surface area contributed by atoms with Crippen LogP contribution in [0.25, 0.3) is 0 Å². The fourth-order valence-corrected chi connectivity index (χ4v) is 3.59. The standard InChI is InChI=1S/C14H18N2OS/c1-2-3-4-8-13(17)16-14-11(9-15)10-6-5-7-12(10)18-14/h2-8H2,1H3,(H,16,17). The molecule has 2 rings (SSSR count).